The molecule has 0 radical (unpaired) electrons. The average molecular weight is 250 g/mol. The van der Waals surface area contributed by atoms with E-state index in [2.05, 4.69) is 10.2 Å². The van der Waals surface area contributed by atoms with Gasteiger partial charge in [0, 0.05) is 11.8 Å². The van der Waals surface area contributed by atoms with Gasteiger partial charge in [0.15, 0.2) is 5.01 Å². The lowest BCUT2D eigenvalue weighted by atomic mass is 10.2. The number of nitrogens with two attached hydrogens (primary N) is 1. The van der Waals surface area contributed by atoms with Gasteiger partial charge in [-0.15, -0.1) is 10.2 Å². The molecule has 1 heterocycles. The maximum atomic E-state index is 10.9. The number of nitrogens with zero attached hydrogens (tertiary/aromatic N) is 3. The van der Waals surface area contributed by atoms with Crippen molar-refractivity contribution in [3.8, 4) is 10.6 Å². The minimum Gasteiger partial charge on any atom is -0.399 e. The first kappa shape index (κ1) is 11.5. The predicted octanol–water partition coefficient (Wildman–Crippen LogP) is 2.26. The molecule has 0 aliphatic heterocycles. The van der Waals surface area contributed by atoms with Gasteiger partial charge >= 0.3 is 0 Å². The van der Waals surface area contributed by atoms with Crippen LogP contribution < -0.4 is 5.73 Å². The summed E-state index contributed by atoms with van der Waals surface area (Å²) >= 11 is 1.36. The summed E-state index contributed by atoms with van der Waals surface area (Å²) in [6.45, 7) is 1.96. The Morgan fingerprint density at radius 3 is 2.82 bits per heavy atom. The van der Waals surface area contributed by atoms with Crippen LogP contribution in [-0.4, -0.2) is 15.1 Å². The Bertz CT molecular complexity index is 567. The van der Waals surface area contributed by atoms with Crippen LogP contribution in [-0.2, 0) is 6.42 Å². The van der Waals surface area contributed by atoms with Crippen molar-refractivity contribution in [3.05, 3.63) is 33.3 Å². The number of hydrogen-bond donors (Lipinski definition) is 1. The van der Waals surface area contributed by atoms with Crippen molar-refractivity contribution in [1.82, 2.24) is 10.2 Å². The molecular formula is C10H10N4O2S. The molecular weight excluding hydrogens is 240 g/mol. The first-order chi connectivity index (χ1) is 8.11. The van der Waals surface area contributed by atoms with E-state index in [1.165, 1.54) is 17.4 Å². The van der Waals surface area contributed by atoms with Crippen molar-refractivity contribution in [2.45, 2.75) is 13.3 Å². The van der Waals surface area contributed by atoms with E-state index in [-0.39, 0.29) is 5.69 Å². The second-order valence-electron chi connectivity index (χ2n) is 3.39. The van der Waals surface area contributed by atoms with Crippen LogP contribution >= 0.6 is 11.3 Å². The van der Waals surface area contributed by atoms with Gasteiger partial charge in [0.25, 0.3) is 5.69 Å². The van der Waals surface area contributed by atoms with Crippen molar-refractivity contribution in [2.24, 2.45) is 0 Å². The molecule has 2 rings (SSSR count). The van der Waals surface area contributed by atoms with Gasteiger partial charge in [0.1, 0.15) is 5.01 Å². The lowest BCUT2D eigenvalue weighted by molar-refractivity contribution is -0.384. The summed E-state index contributed by atoms with van der Waals surface area (Å²) in [5, 5.41) is 20.2. The van der Waals surface area contributed by atoms with E-state index < -0.39 is 4.92 Å². The Balaban J connectivity index is 2.54. The molecule has 1 aromatic heterocycles. The highest BCUT2D eigenvalue weighted by Crippen LogP contribution is 2.33. The fraction of sp³-hybridized carbons (Fsp3) is 0.200. The number of nitro benzene ring substituents is 1. The fourth-order valence-corrected chi connectivity index (χ4v) is 2.20. The maximum absolute atomic E-state index is 10.9. The molecule has 17 heavy (non-hydrogen) atoms. The largest absolute Gasteiger partial charge is 0.399 e. The highest BCUT2D eigenvalue weighted by atomic mass is 32.1. The smallest absolute Gasteiger partial charge is 0.281 e. The highest BCUT2D eigenvalue weighted by Gasteiger charge is 2.18. The monoisotopic (exact) mass is 250 g/mol. The Hall–Kier alpha value is -2.02. The average Bonchev–Trinajstić information content (AvgIpc) is 2.77. The van der Waals surface area contributed by atoms with Crippen LogP contribution in [0.1, 0.15) is 11.9 Å². The predicted molar refractivity (Wildman–Crippen MR) is 65.8 cm³/mol. The van der Waals surface area contributed by atoms with E-state index in [1.807, 2.05) is 6.92 Å². The van der Waals surface area contributed by atoms with E-state index in [9.17, 15) is 10.1 Å². The molecule has 0 atom stereocenters. The second kappa shape index (κ2) is 4.46. The normalized spacial score (nSPS) is 10.4. The molecule has 0 aliphatic carbocycles. The molecule has 0 unspecified atom stereocenters. The molecule has 0 saturated heterocycles. The second-order valence-corrected chi connectivity index (χ2v) is 4.45. The standard InChI is InChI=1S/C10H10N4O2S/c1-2-9-12-13-10(17-9)7-4-3-6(11)5-8(7)14(15)16/h3-5H,2,11H2,1H3. The molecule has 2 aromatic rings. The van der Waals surface area contributed by atoms with Crippen LogP contribution in [0.4, 0.5) is 11.4 Å². The van der Waals surface area contributed by atoms with Gasteiger partial charge in [0.2, 0.25) is 0 Å². The van der Waals surface area contributed by atoms with Crippen LogP contribution in [0.15, 0.2) is 18.2 Å². The minimum absolute atomic E-state index is 0.0381. The molecule has 0 aliphatic rings. The van der Waals surface area contributed by atoms with Gasteiger partial charge in [-0.3, -0.25) is 10.1 Å². The van der Waals surface area contributed by atoms with Crippen LogP contribution in [0.25, 0.3) is 10.6 Å². The molecule has 0 saturated carbocycles. The van der Waals surface area contributed by atoms with E-state index in [0.29, 0.717) is 16.3 Å². The number of rotatable bonds is 3. The van der Waals surface area contributed by atoms with Gasteiger partial charge in [-0.05, 0) is 18.6 Å². The van der Waals surface area contributed by atoms with Gasteiger partial charge in [0.05, 0.1) is 10.5 Å². The fourth-order valence-electron chi connectivity index (χ4n) is 1.39. The molecule has 0 amide bonds. The van der Waals surface area contributed by atoms with Crippen molar-refractivity contribution < 1.29 is 4.92 Å². The van der Waals surface area contributed by atoms with Crippen molar-refractivity contribution in [2.75, 3.05) is 5.73 Å². The Morgan fingerprint density at radius 1 is 1.47 bits per heavy atom. The summed E-state index contributed by atoms with van der Waals surface area (Å²) in [4.78, 5) is 10.5. The summed E-state index contributed by atoms with van der Waals surface area (Å²) in [5.41, 5.74) is 6.32. The van der Waals surface area contributed by atoms with Gasteiger partial charge in [-0.25, -0.2) is 0 Å². The van der Waals surface area contributed by atoms with E-state index >= 15 is 0 Å². The first-order valence-corrected chi connectivity index (χ1v) is 5.80. The zero-order chi connectivity index (χ0) is 12.4. The molecule has 2 N–H and O–H groups in total. The third-order valence-corrected chi connectivity index (χ3v) is 3.32. The Morgan fingerprint density at radius 2 is 2.24 bits per heavy atom. The number of anilines is 1. The third-order valence-electron chi connectivity index (χ3n) is 2.22. The van der Waals surface area contributed by atoms with E-state index in [1.54, 1.807) is 12.1 Å². The number of benzene rings is 1. The topological polar surface area (TPSA) is 94.9 Å². The van der Waals surface area contributed by atoms with Gasteiger partial charge in [-0.1, -0.05) is 18.3 Å². The first-order valence-electron chi connectivity index (χ1n) is 4.98. The quantitative estimate of drug-likeness (QED) is 0.512. The zero-order valence-corrected chi connectivity index (χ0v) is 9.90. The third kappa shape index (κ3) is 2.23. The van der Waals surface area contributed by atoms with Gasteiger partial charge in [-0.2, -0.15) is 0 Å². The SMILES string of the molecule is CCc1nnc(-c2ccc(N)cc2[N+](=O)[O-])s1. The summed E-state index contributed by atoms with van der Waals surface area (Å²) in [6.07, 6.45) is 0.764. The molecule has 6 nitrogen and oxygen atoms in total. The lowest BCUT2D eigenvalue weighted by Crippen LogP contribution is -1.94. The lowest BCUT2D eigenvalue weighted by Gasteiger charge is -1.99. The van der Waals surface area contributed by atoms with Crippen LogP contribution in [0, 0.1) is 10.1 Å². The molecule has 1 aromatic carbocycles. The molecule has 0 spiro atoms. The molecule has 88 valence electrons. The summed E-state index contributed by atoms with van der Waals surface area (Å²) in [6, 6.07) is 4.56. The van der Waals surface area contributed by atoms with Crippen LogP contribution in [0.5, 0.6) is 0 Å². The van der Waals surface area contributed by atoms with E-state index in [0.717, 1.165) is 11.4 Å². The molecule has 0 bridgehead atoms. The van der Waals surface area contributed by atoms with Crippen molar-refractivity contribution >= 4 is 22.7 Å². The van der Waals surface area contributed by atoms with Crippen LogP contribution in [0.3, 0.4) is 0 Å². The Labute approximate surface area is 101 Å². The number of hydrogen-bond acceptors (Lipinski definition) is 6. The highest BCUT2D eigenvalue weighted by molar-refractivity contribution is 7.14. The number of aryl methyl sites for hydroxylation is 1. The van der Waals surface area contributed by atoms with Gasteiger partial charge < -0.3 is 5.73 Å². The zero-order valence-electron chi connectivity index (χ0n) is 9.08. The minimum atomic E-state index is -0.460. The summed E-state index contributed by atoms with van der Waals surface area (Å²) in [7, 11) is 0. The van der Waals surface area contributed by atoms with Crippen molar-refractivity contribution in [3.63, 3.8) is 0 Å². The molecule has 7 heteroatoms. The maximum Gasteiger partial charge on any atom is 0.281 e. The summed E-state index contributed by atoms with van der Waals surface area (Å²) in [5.74, 6) is 0. The summed E-state index contributed by atoms with van der Waals surface area (Å²) < 4.78 is 0. The molecule has 0 fully saturated rings. The number of aromatic nitrogens is 2. The van der Waals surface area contributed by atoms with Crippen LogP contribution in [0.2, 0.25) is 0 Å². The number of nitrogen functional groups attached to an aromatic ring is 1. The Kier molecular flexibility index (Phi) is 3.01. The number of nitro groups is 1. The van der Waals surface area contributed by atoms with E-state index in [4.69, 9.17) is 5.73 Å². The van der Waals surface area contributed by atoms with Crippen molar-refractivity contribution in [1.29, 1.82) is 0 Å².